The third-order valence-corrected chi connectivity index (χ3v) is 6.97. The van der Waals surface area contributed by atoms with Crippen molar-refractivity contribution < 1.29 is 4.74 Å². The molecule has 2 N–H and O–H groups in total. The van der Waals surface area contributed by atoms with E-state index in [1.54, 1.807) is 0 Å². The van der Waals surface area contributed by atoms with Gasteiger partial charge in [-0.25, -0.2) is 0 Å². The van der Waals surface area contributed by atoms with Gasteiger partial charge in [-0.2, -0.15) is 0 Å². The summed E-state index contributed by atoms with van der Waals surface area (Å²) < 4.78 is 6.22. The van der Waals surface area contributed by atoms with E-state index in [-0.39, 0.29) is 11.1 Å². The molecule has 0 amide bonds. The second-order valence-electron chi connectivity index (χ2n) is 8.36. The highest BCUT2D eigenvalue weighted by molar-refractivity contribution is 5.03. The fourth-order valence-electron chi connectivity index (χ4n) is 5.61. The molecule has 4 rings (SSSR count). The Hall–Kier alpha value is -0.0800. The van der Waals surface area contributed by atoms with E-state index in [0.717, 1.165) is 24.4 Å². The van der Waals surface area contributed by atoms with Crippen LogP contribution in [0.5, 0.6) is 0 Å². The summed E-state index contributed by atoms with van der Waals surface area (Å²) in [5.74, 6) is 2.73. The van der Waals surface area contributed by atoms with Crippen molar-refractivity contribution in [2.24, 2.45) is 23.5 Å². The van der Waals surface area contributed by atoms with Gasteiger partial charge >= 0.3 is 0 Å². The Bertz CT molecular complexity index is 358. The lowest BCUT2D eigenvalue weighted by Gasteiger charge is -2.49. The average molecular weight is 277 g/mol. The molecule has 4 aliphatic rings. The van der Waals surface area contributed by atoms with Crippen molar-refractivity contribution in [2.75, 3.05) is 6.61 Å². The van der Waals surface area contributed by atoms with Crippen LogP contribution in [0.4, 0.5) is 0 Å². The monoisotopic (exact) mass is 277 g/mol. The lowest BCUT2D eigenvalue weighted by atomic mass is 9.64. The van der Waals surface area contributed by atoms with E-state index in [2.05, 4.69) is 0 Å². The van der Waals surface area contributed by atoms with Gasteiger partial charge in [-0.05, 0) is 69.1 Å². The van der Waals surface area contributed by atoms with Gasteiger partial charge in [0.05, 0.1) is 5.60 Å². The van der Waals surface area contributed by atoms with Crippen molar-refractivity contribution >= 4 is 0 Å². The van der Waals surface area contributed by atoms with E-state index in [0.29, 0.717) is 0 Å². The molecule has 1 saturated heterocycles. The minimum Gasteiger partial charge on any atom is -0.375 e. The van der Waals surface area contributed by atoms with Crippen molar-refractivity contribution in [1.29, 1.82) is 0 Å². The fourth-order valence-corrected chi connectivity index (χ4v) is 5.61. The lowest BCUT2D eigenvalue weighted by molar-refractivity contribution is -0.109. The fraction of sp³-hybridized carbons (Fsp3) is 1.00. The molecule has 3 saturated carbocycles. The molecule has 3 atom stereocenters. The van der Waals surface area contributed by atoms with Crippen LogP contribution in [0.2, 0.25) is 0 Å². The molecule has 0 aromatic carbocycles. The van der Waals surface area contributed by atoms with Crippen LogP contribution in [0, 0.1) is 17.8 Å². The van der Waals surface area contributed by atoms with E-state index in [1.165, 1.54) is 77.0 Å². The van der Waals surface area contributed by atoms with E-state index in [9.17, 15) is 0 Å². The Morgan fingerprint density at radius 2 is 1.60 bits per heavy atom. The van der Waals surface area contributed by atoms with Gasteiger partial charge in [0.25, 0.3) is 0 Å². The maximum Gasteiger partial charge on any atom is 0.0685 e. The SMILES string of the molecule is NC1(C2CCOC3(CCCC3)C2)CCCC(C2CC2)C1. The second kappa shape index (κ2) is 4.98. The minimum atomic E-state index is 0.144. The predicted octanol–water partition coefficient (Wildman–Crippen LogP) is 4.02. The van der Waals surface area contributed by atoms with Crippen molar-refractivity contribution in [2.45, 2.75) is 88.2 Å². The van der Waals surface area contributed by atoms with Crippen LogP contribution in [0.25, 0.3) is 0 Å². The van der Waals surface area contributed by atoms with Gasteiger partial charge in [0.15, 0.2) is 0 Å². The number of hydrogen-bond acceptors (Lipinski definition) is 2. The summed E-state index contributed by atoms with van der Waals surface area (Å²) in [5.41, 5.74) is 7.37. The molecular formula is C18H31NO. The Labute approximate surface area is 123 Å². The molecule has 0 radical (unpaired) electrons. The third-order valence-electron chi connectivity index (χ3n) is 6.97. The molecule has 1 heterocycles. The van der Waals surface area contributed by atoms with Gasteiger partial charge in [-0.3, -0.25) is 0 Å². The molecule has 114 valence electrons. The summed E-state index contributed by atoms with van der Waals surface area (Å²) in [5, 5.41) is 0. The minimum absolute atomic E-state index is 0.144. The molecule has 3 unspecified atom stereocenters. The predicted molar refractivity (Wildman–Crippen MR) is 81.5 cm³/mol. The second-order valence-corrected chi connectivity index (χ2v) is 8.36. The molecule has 0 aromatic heterocycles. The van der Waals surface area contributed by atoms with Gasteiger partial charge in [0, 0.05) is 12.1 Å². The van der Waals surface area contributed by atoms with Gasteiger partial charge < -0.3 is 10.5 Å². The zero-order chi connectivity index (χ0) is 13.6. The third kappa shape index (κ3) is 2.43. The first-order valence-corrected chi connectivity index (χ1v) is 9.12. The van der Waals surface area contributed by atoms with Gasteiger partial charge in [0.2, 0.25) is 0 Å². The molecule has 0 bridgehead atoms. The molecule has 20 heavy (non-hydrogen) atoms. The number of rotatable bonds is 2. The Morgan fingerprint density at radius 1 is 0.800 bits per heavy atom. The van der Waals surface area contributed by atoms with Crippen LogP contribution < -0.4 is 5.73 Å². The summed E-state index contributed by atoms with van der Waals surface area (Å²) >= 11 is 0. The quantitative estimate of drug-likeness (QED) is 0.827. The molecule has 2 heteroatoms. The normalized spacial score (nSPS) is 44.9. The highest BCUT2D eigenvalue weighted by atomic mass is 16.5. The molecule has 3 aliphatic carbocycles. The van der Waals surface area contributed by atoms with E-state index in [1.807, 2.05) is 0 Å². The lowest BCUT2D eigenvalue weighted by Crippen LogP contribution is -2.55. The standard InChI is InChI=1S/C18H31NO/c19-18(10-3-4-15(12-18)14-5-6-14)16-7-11-20-17(13-16)8-1-2-9-17/h14-16H,1-13,19H2. The maximum absolute atomic E-state index is 6.99. The molecule has 4 fully saturated rings. The van der Waals surface area contributed by atoms with Crippen LogP contribution in [-0.4, -0.2) is 17.7 Å². The van der Waals surface area contributed by atoms with Crippen LogP contribution >= 0.6 is 0 Å². The summed E-state index contributed by atoms with van der Waals surface area (Å²) in [6.45, 7) is 0.970. The van der Waals surface area contributed by atoms with E-state index in [4.69, 9.17) is 10.5 Å². The van der Waals surface area contributed by atoms with Crippen LogP contribution in [0.1, 0.15) is 77.0 Å². The van der Waals surface area contributed by atoms with E-state index >= 15 is 0 Å². The average Bonchev–Trinajstić information content (AvgIpc) is 3.22. The van der Waals surface area contributed by atoms with Crippen LogP contribution in [0.3, 0.4) is 0 Å². The number of ether oxygens (including phenoxy) is 1. The molecule has 0 aromatic rings. The van der Waals surface area contributed by atoms with Crippen LogP contribution in [-0.2, 0) is 4.74 Å². The first-order chi connectivity index (χ1) is 9.69. The van der Waals surface area contributed by atoms with E-state index < -0.39 is 0 Å². The van der Waals surface area contributed by atoms with Crippen LogP contribution in [0.15, 0.2) is 0 Å². The highest BCUT2D eigenvalue weighted by Crippen LogP contribution is 2.51. The zero-order valence-corrected chi connectivity index (χ0v) is 12.9. The number of hydrogen-bond donors (Lipinski definition) is 1. The Morgan fingerprint density at radius 3 is 2.35 bits per heavy atom. The number of nitrogens with two attached hydrogens (primary N) is 1. The van der Waals surface area contributed by atoms with Gasteiger partial charge in [-0.15, -0.1) is 0 Å². The molecule has 1 spiro atoms. The zero-order valence-electron chi connectivity index (χ0n) is 12.9. The van der Waals surface area contributed by atoms with Crippen molar-refractivity contribution in [3.8, 4) is 0 Å². The van der Waals surface area contributed by atoms with Crippen molar-refractivity contribution in [3.63, 3.8) is 0 Å². The summed E-state index contributed by atoms with van der Waals surface area (Å²) in [6, 6.07) is 0. The summed E-state index contributed by atoms with van der Waals surface area (Å²) in [6.07, 6.45) is 16.2. The van der Waals surface area contributed by atoms with Gasteiger partial charge in [-0.1, -0.05) is 25.7 Å². The first kappa shape index (κ1) is 13.6. The highest BCUT2D eigenvalue weighted by Gasteiger charge is 2.49. The Balaban J connectivity index is 1.47. The molecule has 2 nitrogen and oxygen atoms in total. The smallest absolute Gasteiger partial charge is 0.0685 e. The first-order valence-electron chi connectivity index (χ1n) is 9.12. The largest absolute Gasteiger partial charge is 0.375 e. The summed E-state index contributed by atoms with van der Waals surface area (Å²) in [4.78, 5) is 0. The molecular weight excluding hydrogens is 246 g/mol. The van der Waals surface area contributed by atoms with Crippen molar-refractivity contribution in [3.05, 3.63) is 0 Å². The topological polar surface area (TPSA) is 35.2 Å². The van der Waals surface area contributed by atoms with Gasteiger partial charge in [0.1, 0.15) is 0 Å². The maximum atomic E-state index is 6.99. The molecule has 1 aliphatic heterocycles. The summed E-state index contributed by atoms with van der Waals surface area (Å²) in [7, 11) is 0. The van der Waals surface area contributed by atoms with Crippen molar-refractivity contribution in [1.82, 2.24) is 0 Å². The Kier molecular flexibility index (Phi) is 3.38.